The number of rotatable bonds is 3. The molecular formula is C11H22N2O3S. The lowest BCUT2D eigenvalue weighted by Crippen LogP contribution is -2.43. The first kappa shape index (κ1) is 14.4. The SMILES string of the molecule is CC(C)(C)OC(=O)NCCN1CCS(=O)CC1. The number of alkyl carbamates (subject to hydrolysis) is 1. The van der Waals surface area contributed by atoms with Crippen LogP contribution in [0, 0.1) is 0 Å². The Morgan fingerprint density at radius 2 is 1.94 bits per heavy atom. The molecule has 0 bridgehead atoms. The van der Waals surface area contributed by atoms with E-state index in [0.29, 0.717) is 6.54 Å². The van der Waals surface area contributed by atoms with Gasteiger partial charge in [0.25, 0.3) is 0 Å². The maximum atomic E-state index is 11.4. The Hall–Kier alpha value is -0.620. The molecule has 0 atom stereocenters. The van der Waals surface area contributed by atoms with E-state index in [1.54, 1.807) is 0 Å². The van der Waals surface area contributed by atoms with Gasteiger partial charge in [-0.1, -0.05) is 0 Å². The number of hydrogen-bond donors (Lipinski definition) is 1. The van der Waals surface area contributed by atoms with Gasteiger partial charge in [0.05, 0.1) is 0 Å². The Morgan fingerprint density at radius 1 is 1.35 bits per heavy atom. The Kier molecular flexibility index (Phi) is 5.39. The maximum Gasteiger partial charge on any atom is 0.407 e. The minimum Gasteiger partial charge on any atom is -0.444 e. The summed E-state index contributed by atoms with van der Waals surface area (Å²) in [6.45, 7) is 8.58. The lowest BCUT2D eigenvalue weighted by molar-refractivity contribution is 0.0522. The molecule has 1 aliphatic heterocycles. The summed E-state index contributed by atoms with van der Waals surface area (Å²) >= 11 is 0. The van der Waals surface area contributed by atoms with Crippen LogP contribution in [-0.2, 0) is 15.5 Å². The van der Waals surface area contributed by atoms with Crippen LogP contribution in [0.15, 0.2) is 0 Å². The monoisotopic (exact) mass is 262 g/mol. The summed E-state index contributed by atoms with van der Waals surface area (Å²) in [4.78, 5) is 13.6. The van der Waals surface area contributed by atoms with E-state index in [1.165, 1.54) is 0 Å². The van der Waals surface area contributed by atoms with Crippen LogP contribution in [0.1, 0.15) is 20.8 Å². The minimum atomic E-state index is -0.642. The van der Waals surface area contributed by atoms with Crippen molar-refractivity contribution < 1.29 is 13.7 Å². The van der Waals surface area contributed by atoms with Crippen molar-refractivity contribution in [2.24, 2.45) is 0 Å². The maximum absolute atomic E-state index is 11.4. The zero-order valence-corrected chi connectivity index (χ0v) is 11.6. The molecule has 0 radical (unpaired) electrons. The molecule has 0 aromatic carbocycles. The standard InChI is InChI=1S/C11H22N2O3S/c1-11(2,3)16-10(14)12-4-5-13-6-8-17(15)9-7-13/h4-9H2,1-3H3,(H,12,14). The van der Waals surface area contributed by atoms with E-state index in [-0.39, 0.29) is 6.09 Å². The zero-order chi connectivity index (χ0) is 12.9. The van der Waals surface area contributed by atoms with Crippen molar-refractivity contribution in [1.29, 1.82) is 0 Å². The van der Waals surface area contributed by atoms with Gasteiger partial charge in [0.1, 0.15) is 5.60 Å². The predicted molar refractivity (Wildman–Crippen MR) is 68.6 cm³/mol. The van der Waals surface area contributed by atoms with E-state index in [0.717, 1.165) is 31.1 Å². The summed E-state index contributed by atoms with van der Waals surface area (Å²) < 4.78 is 16.3. The molecule has 1 amide bonds. The van der Waals surface area contributed by atoms with Crippen molar-refractivity contribution in [3.63, 3.8) is 0 Å². The number of nitrogens with one attached hydrogen (secondary N) is 1. The highest BCUT2D eigenvalue weighted by Gasteiger charge is 2.17. The highest BCUT2D eigenvalue weighted by Crippen LogP contribution is 2.06. The average Bonchev–Trinajstić information content (AvgIpc) is 2.18. The molecule has 1 N–H and O–H groups in total. The van der Waals surface area contributed by atoms with Gasteiger partial charge in [-0.2, -0.15) is 0 Å². The van der Waals surface area contributed by atoms with Gasteiger partial charge in [-0.3, -0.25) is 9.11 Å². The van der Waals surface area contributed by atoms with Gasteiger partial charge < -0.3 is 10.1 Å². The van der Waals surface area contributed by atoms with Crippen LogP contribution in [0.4, 0.5) is 4.79 Å². The number of carbonyl (C=O) groups excluding carboxylic acids is 1. The molecular weight excluding hydrogens is 240 g/mol. The Bertz CT molecular complexity index is 279. The van der Waals surface area contributed by atoms with Gasteiger partial charge in [-0.15, -0.1) is 0 Å². The van der Waals surface area contributed by atoms with Crippen LogP contribution in [0.25, 0.3) is 0 Å². The molecule has 17 heavy (non-hydrogen) atoms. The predicted octanol–water partition coefficient (Wildman–Crippen LogP) is 0.575. The van der Waals surface area contributed by atoms with E-state index < -0.39 is 16.4 Å². The fraction of sp³-hybridized carbons (Fsp3) is 0.909. The largest absolute Gasteiger partial charge is 0.444 e. The van der Waals surface area contributed by atoms with Crippen molar-refractivity contribution in [3.8, 4) is 0 Å². The molecule has 1 saturated heterocycles. The molecule has 1 rings (SSSR count). The Morgan fingerprint density at radius 3 is 2.47 bits per heavy atom. The van der Waals surface area contributed by atoms with Crippen LogP contribution >= 0.6 is 0 Å². The number of hydrogen-bond acceptors (Lipinski definition) is 4. The van der Waals surface area contributed by atoms with Crippen LogP contribution < -0.4 is 5.32 Å². The van der Waals surface area contributed by atoms with Gasteiger partial charge in [0, 0.05) is 48.5 Å². The smallest absolute Gasteiger partial charge is 0.407 e. The first-order chi connectivity index (χ1) is 7.87. The van der Waals surface area contributed by atoms with Gasteiger partial charge in [-0.05, 0) is 20.8 Å². The first-order valence-electron chi connectivity index (χ1n) is 5.91. The normalized spacial score (nSPS) is 19.0. The minimum absolute atomic E-state index is 0.377. The lowest BCUT2D eigenvalue weighted by Gasteiger charge is -2.26. The molecule has 0 spiro atoms. The number of carbonyl (C=O) groups is 1. The highest BCUT2D eigenvalue weighted by molar-refractivity contribution is 7.85. The van der Waals surface area contributed by atoms with Crippen molar-refractivity contribution in [2.75, 3.05) is 37.7 Å². The second-order valence-corrected chi connectivity index (χ2v) is 6.81. The topological polar surface area (TPSA) is 58.6 Å². The van der Waals surface area contributed by atoms with Gasteiger partial charge in [0.15, 0.2) is 0 Å². The highest BCUT2D eigenvalue weighted by atomic mass is 32.2. The number of nitrogens with zero attached hydrogens (tertiary/aromatic N) is 1. The van der Waals surface area contributed by atoms with Gasteiger partial charge in [0.2, 0.25) is 0 Å². The summed E-state index contributed by atoms with van der Waals surface area (Å²) in [6, 6.07) is 0. The molecule has 0 saturated carbocycles. The molecule has 5 nitrogen and oxygen atoms in total. The van der Waals surface area contributed by atoms with E-state index in [4.69, 9.17) is 4.74 Å². The van der Waals surface area contributed by atoms with Crippen LogP contribution in [0.2, 0.25) is 0 Å². The third kappa shape index (κ3) is 6.63. The lowest BCUT2D eigenvalue weighted by atomic mass is 10.2. The molecule has 0 aliphatic carbocycles. The Balaban J connectivity index is 2.11. The molecule has 0 unspecified atom stereocenters. The second-order valence-electron chi connectivity index (χ2n) is 5.12. The molecule has 1 fully saturated rings. The Labute approximate surface area is 105 Å². The van der Waals surface area contributed by atoms with Crippen molar-refractivity contribution >= 4 is 16.9 Å². The fourth-order valence-corrected chi connectivity index (χ4v) is 2.66. The summed E-state index contributed by atoms with van der Waals surface area (Å²) in [5.41, 5.74) is -0.452. The van der Waals surface area contributed by atoms with E-state index >= 15 is 0 Å². The van der Waals surface area contributed by atoms with E-state index in [2.05, 4.69) is 10.2 Å². The zero-order valence-electron chi connectivity index (χ0n) is 10.8. The molecule has 100 valence electrons. The third-order valence-corrected chi connectivity index (χ3v) is 3.64. The fourth-order valence-electron chi connectivity index (χ4n) is 1.53. The molecule has 1 aliphatic rings. The summed E-state index contributed by atoms with van der Waals surface area (Å²) in [6.07, 6.45) is -0.377. The quantitative estimate of drug-likeness (QED) is 0.808. The summed E-state index contributed by atoms with van der Waals surface area (Å²) in [5, 5.41) is 2.72. The van der Waals surface area contributed by atoms with Crippen LogP contribution in [-0.4, -0.2) is 58.5 Å². The van der Waals surface area contributed by atoms with Crippen molar-refractivity contribution in [3.05, 3.63) is 0 Å². The van der Waals surface area contributed by atoms with E-state index in [1.807, 2.05) is 20.8 Å². The second kappa shape index (κ2) is 6.35. The number of amides is 1. The average molecular weight is 262 g/mol. The van der Waals surface area contributed by atoms with E-state index in [9.17, 15) is 9.00 Å². The first-order valence-corrected chi connectivity index (χ1v) is 7.40. The van der Waals surface area contributed by atoms with Gasteiger partial charge in [-0.25, -0.2) is 4.79 Å². The third-order valence-electron chi connectivity index (χ3n) is 2.37. The summed E-state index contributed by atoms with van der Waals surface area (Å²) in [5.74, 6) is 1.48. The van der Waals surface area contributed by atoms with Crippen LogP contribution in [0.5, 0.6) is 0 Å². The van der Waals surface area contributed by atoms with Gasteiger partial charge >= 0.3 is 6.09 Å². The number of ether oxygens (including phenoxy) is 1. The molecule has 0 aromatic heterocycles. The van der Waals surface area contributed by atoms with Crippen LogP contribution in [0.3, 0.4) is 0 Å². The molecule has 0 aromatic rings. The molecule has 1 heterocycles. The summed E-state index contributed by atoms with van der Waals surface area (Å²) in [7, 11) is -0.642. The molecule has 6 heteroatoms. The van der Waals surface area contributed by atoms with Crippen molar-refractivity contribution in [1.82, 2.24) is 10.2 Å². The van der Waals surface area contributed by atoms with Crippen molar-refractivity contribution in [2.45, 2.75) is 26.4 Å².